The number of para-hydroxylation sites is 2. The third-order valence-corrected chi connectivity index (χ3v) is 6.98. The van der Waals surface area contributed by atoms with E-state index in [9.17, 15) is 4.79 Å². The molecule has 6 heteroatoms. The van der Waals surface area contributed by atoms with E-state index in [1.807, 2.05) is 53.4 Å². The Kier molecular flexibility index (Phi) is 5.62. The van der Waals surface area contributed by atoms with Crippen molar-refractivity contribution >= 4 is 45.9 Å². The lowest BCUT2D eigenvalue weighted by atomic mass is 10.2. The first kappa shape index (κ1) is 20.0. The lowest BCUT2D eigenvalue weighted by molar-refractivity contribution is 0.0738. The highest BCUT2D eigenvalue weighted by Crippen LogP contribution is 2.37. The van der Waals surface area contributed by atoms with Gasteiger partial charge in [0, 0.05) is 52.7 Å². The minimum Gasteiger partial charge on any atom is -0.368 e. The monoisotopic (exact) mass is 447 g/mol. The molecule has 1 saturated heterocycles. The highest BCUT2D eigenvalue weighted by Gasteiger charge is 2.26. The van der Waals surface area contributed by atoms with Gasteiger partial charge in [0.2, 0.25) is 0 Å². The molecule has 1 aromatic heterocycles. The highest BCUT2D eigenvalue weighted by molar-refractivity contribution is 7.99. The lowest BCUT2D eigenvalue weighted by Crippen LogP contribution is -2.49. The minimum atomic E-state index is 0.0559. The Bertz CT molecular complexity index is 1200. The standard InChI is InChI=1S/C25H22ClN3OS/c26-18-10-12-20(13-11-18)31-24-21-8-4-5-9-22(21)27-23(24)25(30)29-16-14-28(15-17-29)19-6-2-1-3-7-19/h1-13,27H,14-17H2. The summed E-state index contributed by atoms with van der Waals surface area (Å²) in [5.74, 6) is 0.0559. The molecule has 2 heterocycles. The van der Waals surface area contributed by atoms with E-state index in [0.717, 1.165) is 33.8 Å². The molecule has 0 aliphatic carbocycles. The molecular formula is C25H22ClN3OS. The smallest absolute Gasteiger partial charge is 0.271 e. The minimum absolute atomic E-state index is 0.0559. The number of piperazine rings is 1. The van der Waals surface area contributed by atoms with Gasteiger partial charge in [0.25, 0.3) is 5.91 Å². The zero-order valence-corrected chi connectivity index (χ0v) is 18.5. The summed E-state index contributed by atoms with van der Waals surface area (Å²) < 4.78 is 0. The molecule has 5 rings (SSSR count). The van der Waals surface area contributed by atoms with Gasteiger partial charge in [-0.05, 0) is 42.5 Å². The van der Waals surface area contributed by atoms with Crippen LogP contribution < -0.4 is 4.90 Å². The van der Waals surface area contributed by atoms with Crippen LogP contribution in [0.4, 0.5) is 5.69 Å². The average Bonchev–Trinajstić information content (AvgIpc) is 3.19. The Hall–Kier alpha value is -2.89. The number of amides is 1. The molecule has 1 N–H and O–H groups in total. The molecule has 1 amide bonds. The van der Waals surface area contributed by atoms with E-state index in [1.54, 1.807) is 11.8 Å². The summed E-state index contributed by atoms with van der Waals surface area (Å²) in [4.78, 5) is 23.2. The van der Waals surface area contributed by atoms with Crippen LogP contribution in [-0.2, 0) is 0 Å². The van der Waals surface area contributed by atoms with Crippen LogP contribution in [0.1, 0.15) is 10.5 Å². The van der Waals surface area contributed by atoms with E-state index >= 15 is 0 Å². The van der Waals surface area contributed by atoms with Crippen LogP contribution >= 0.6 is 23.4 Å². The molecule has 4 nitrogen and oxygen atoms in total. The van der Waals surface area contributed by atoms with Gasteiger partial charge in [0.05, 0.1) is 4.90 Å². The fourth-order valence-electron chi connectivity index (χ4n) is 3.96. The van der Waals surface area contributed by atoms with E-state index in [0.29, 0.717) is 23.8 Å². The van der Waals surface area contributed by atoms with Crippen LogP contribution in [0.15, 0.2) is 88.7 Å². The van der Waals surface area contributed by atoms with Crippen molar-refractivity contribution in [3.8, 4) is 0 Å². The maximum absolute atomic E-state index is 13.5. The predicted octanol–water partition coefficient (Wildman–Crippen LogP) is 5.93. The second kappa shape index (κ2) is 8.69. The third kappa shape index (κ3) is 4.16. The number of nitrogens with zero attached hydrogens (tertiary/aromatic N) is 2. The number of nitrogens with one attached hydrogen (secondary N) is 1. The molecule has 4 aromatic rings. The van der Waals surface area contributed by atoms with E-state index in [-0.39, 0.29) is 5.91 Å². The molecule has 0 atom stereocenters. The number of H-pyrrole nitrogens is 1. The predicted molar refractivity (Wildman–Crippen MR) is 128 cm³/mol. The van der Waals surface area contributed by atoms with E-state index in [4.69, 9.17) is 11.6 Å². The van der Waals surface area contributed by atoms with Crippen molar-refractivity contribution in [2.24, 2.45) is 0 Å². The fraction of sp³-hybridized carbons (Fsp3) is 0.160. The summed E-state index contributed by atoms with van der Waals surface area (Å²) in [6.07, 6.45) is 0. The first-order valence-electron chi connectivity index (χ1n) is 10.3. The number of rotatable bonds is 4. The van der Waals surface area contributed by atoms with E-state index < -0.39 is 0 Å². The largest absolute Gasteiger partial charge is 0.368 e. The van der Waals surface area contributed by atoms with Gasteiger partial charge in [-0.25, -0.2) is 0 Å². The first-order valence-corrected chi connectivity index (χ1v) is 11.5. The number of carbonyl (C=O) groups is 1. The Morgan fingerprint density at radius 3 is 2.26 bits per heavy atom. The quantitative estimate of drug-likeness (QED) is 0.421. The average molecular weight is 448 g/mol. The van der Waals surface area contributed by atoms with Gasteiger partial charge >= 0.3 is 0 Å². The molecule has 0 unspecified atom stereocenters. The molecule has 1 aliphatic rings. The molecule has 1 aliphatic heterocycles. The maximum atomic E-state index is 13.5. The molecule has 31 heavy (non-hydrogen) atoms. The summed E-state index contributed by atoms with van der Waals surface area (Å²) in [6, 6.07) is 26.2. The number of aromatic nitrogens is 1. The lowest BCUT2D eigenvalue weighted by Gasteiger charge is -2.36. The maximum Gasteiger partial charge on any atom is 0.271 e. The second-order valence-corrected chi connectivity index (χ2v) is 9.07. The summed E-state index contributed by atoms with van der Waals surface area (Å²) >= 11 is 7.65. The van der Waals surface area contributed by atoms with Gasteiger partial charge in [-0.2, -0.15) is 0 Å². The molecule has 0 saturated carbocycles. The number of fused-ring (bicyclic) bond motifs is 1. The molecule has 3 aromatic carbocycles. The van der Waals surface area contributed by atoms with Crippen LogP contribution in [0.3, 0.4) is 0 Å². The zero-order chi connectivity index (χ0) is 21.2. The summed E-state index contributed by atoms with van der Waals surface area (Å²) in [6.45, 7) is 3.06. The van der Waals surface area contributed by atoms with Crippen molar-refractivity contribution in [1.82, 2.24) is 9.88 Å². The van der Waals surface area contributed by atoms with Gasteiger partial charge in [-0.15, -0.1) is 0 Å². The summed E-state index contributed by atoms with van der Waals surface area (Å²) in [5.41, 5.74) is 2.85. The highest BCUT2D eigenvalue weighted by atomic mass is 35.5. The van der Waals surface area contributed by atoms with E-state index in [1.165, 1.54) is 5.69 Å². The zero-order valence-electron chi connectivity index (χ0n) is 16.9. The van der Waals surface area contributed by atoms with Crippen LogP contribution in [0.25, 0.3) is 10.9 Å². The molecule has 0 bridgehead atoms. The van der Waals surface area contributed by atoms with Crippen molar-refractivity contribution in [2.75, 3.05) is 31.1 Å². The van der Waals surface area contributed by atoms with Gasteiger partial charge in [0.15, 0.2) is 0 Å². The summed E-state index contributed by atoms with van der Waals surface area (Å²) in [5, 5.41) is 1.77. The first-order chi connectivity index (χ1) is 15.2. The Balaban J connectivity index is 1.40. The Labute approximate surface area is 190 Å². The molecular weight excluding hydrogens is 426 g/mol. The van der Waals surface area contributed by atoms with Crippen molar-refractivity contribution < 1.29 is 4.79 Å². The number of benzene rings is 3. The van der Waals surface area contributed by atoms with Crippen LogP contribution in [0, 0.1) is 0 Å². The Morgan fingerprint density at radius 2 is 1.52 bits per heavy atom. The third-order valence-electron chi connectivity index (χ3n) is 5.59. The number of halogens is 1. The number of hydrogen-bond donors (Lipinski definition) is 1. The number of hydrogen-bond acceptors (Lipinski definition) is 3. The topological polar surface area (TPSA) is 39.3 Å². The van der Waals surface area contributed by atoms with Gasteiger partial charge in [-0.1, -0.05) is 59.8 Å². The molecule has 0 radical (unpaired) electrons. The van der Waals surface area contributed by atoms with Gasteiger partial charge < -0.3 is 14.8 Å². The van der Waals surface area contributed by atoms with Crippen molar-refractivity contribution in [3.63, 3.8) is 0 Å². The van der Waals surface area contributed by atoms with Crippen molar-refractivity contribution in [2.45, 2.75) is 9.79 Å². The van der Waals surface area contributed by atoms with Crippen molar-refractivity contribution in [3.05, 3.63) is 89.6 Å². The molecule has 0 spiro atoms. The van der Waals surface area contributed by atoms with Crippen LogP contribution in [0.5, 0.6) is 0 Å². The number of aromatic amines is 1. The fourth-order valence-corrected chi connectivity index (χ4v) is 5.12. The molecule has 156 valence electrons. The molecule has 1 fully saturated rings. The Morgan fingerprint density at radius 1 is 0.839 bits per heavy atom. The normalized spacial score (nSPS) is 14.2. The van der Waals surface area contributed by atoms with Gasteiger partial charge in [-0.3, -0.25) is 4.79 Å². The second-order valence-electron chi connectivity index (χ2n) is 7.55. The van der Waals surface area contributed by atoms with Gasteiger partial charge in [0.1, 0.15) is 5.69 Å². The van der Waals surface area contributed by atoms with E-state index in [2.05, 4.69) is 40.2 Å². The van der Waals surface area contributed by atoms with Crippen LogP contribution in [-0.4, -0.2) is 42.0 Å². The number of anilines is 1. The SMILES string of the molecule is O=C(c1[nH]c2ccccc2c1Sc1ccc(Cl)cc1)N1CCN(c2ccccc2)CC1. The van der Waals surface area contributed by atoms with Crippen molar-refractivity contribution in [1.29, 1.82) is 0 Å². The van der Waals surface area contributed by atoms with Crippen LogP contribution in [0.2, 0.25) is 5.02 Å². The number of carbonyl (C=O) groups excluding carboxylic acids is 1. The summed E-state index contributed by atoms with van der Waals surface area (Å²) in [7, 11) is 0.